The maximum Gasteiger partial charge on any atom is 0.328 e. The number of aryl methyl sites for hydroxylation is 2. The number of rotatable bonds is 5. The maximum absolute atomic E-state index is 10.5. The molecule has 0 unspecified atom stereocenters. The highest BCUT2D eigenvalue weighted by Gasteiger charge is 2.10. The molecule has 0 saturated carbocycles. The molecule has 0 amide bonds. The molecule has 17 heavy (non-hydrogen) atoms. The molecule has 0 aliphatic rings. The Morgan fingerprint density at radius 1 is 1.29 bits per heavy atom. The number of hydrogen-bond donors (Lipinski definition) is 3. The van der Waals surface area contributed by atoms with Crippen molar-refractivity contribution in [3.8, 4) is 0 Å². The van der Waals surface area contributed by atoms with E-state index in [0.29, 0.717) is 6.42 Å². The minimum atomic E-state index is -1.00. The zero-order valence-corrected chi connectivity index (χ0v) is 9.78. The molecule has 3 N–H and O–H groups in total. The van der Waals surface area contributed by atoms with Crippen molar-refractivity contribution in [1.82, 2.24) is 4.98 Å². The smallest absolute Gasteiger partial charge is 0.328 e. The normalized spacial score (nSPS) is 10.9. The first-order valence-corrected chi connectivity index (χ1v) is 5.22. The quantitative estimate of drug-likeness (QED) is 0.680. The summed E-state index contributed by atoms with van der Waals surface area (Å²) in [5.41, 5.74) is 3.41. The molecule has 92 valence electrons. The number of hydrogen-bond acceptors (Lipinski definition) is 2. The van der Waals surface area contributed by atoms with Crippen LogP contribution in [0.5, 0.6) is 0 Å². The minimum absolute atomic E-state index is 0.0584. The van der Waals surface area contributed by atoms with E-state index in [0.717, 1.165) is 28.6 Å². The van der Waals surface area contributed by atoms with E-state index in [1.807, 2.05) is 13.8 Å². The Balaban J connectivity index is 2.93. The van der Waals surface area contributed by atoms with E-state index in [4.69, 9.17) is 10.2 Å². The average molecular weight is 237 g/mol. The third-order valence-corrected chi connectivity index (χ3v) is 2.58. The zero-order chi connectivity index (χ0) is 13.0. The van der Waals surface area contributed by atoms with E-state index >= 15 is 0 Å². The van der Waals surface area contributed by atoms with Gasteiger partial charge in [-0.15, -0.1) is 0 Å². The Labute approximate surface area is 98.8 Å². The van der Waals surface area contributed by atoms with Gasteiger partial charge in [-0.3, -0.25) is 4.79 Å². The largest absolute Gasteiger partial charge is 0.481 e. The Kier molecular flexibility index (Phi) is 4.09. The first-order valence-electron chi connectivity index (χ1n) is 5.22. The van der Waals surface area contributed by atoms with Crippen LogP contribution in [-0.2, 0) is 16.0 Å². The molecule has 1 aromatic heterocycles. The first-order chi connectivity index (χ1) is 7.91. The fourth-order valence-electron chi connectivity index (χ4n) is 1.72. The van der Waals surface area contributed by atoms with Crippen LogP contribution in [0.3, 0.4) is 0 Å². The number of H-pyrrole nitrogens is 1. The highest BCUT2D eigenvalue weighted by Crippen LogP contribution is 2.20. The molecule has 0 radical (unpaired) electrons. The highest BCUT2D eigenvalue weighted by atomic mass is 16.4. The van der Waals surface area contributed by atoms with Gasteiger partial charge in [-0.1, -0.05) is 0 Å². The molecule has 5 nitrogen and oxygen atoms in total. The van der Waals surface area contributed by atoms with Gasteiger partial charge < -0.3 is 15.2 Å². The Morgan fingerprint density at radius 3 is 2.47 bits per heavy atom. The second kappa shape index (κ2) is 5.34. The molecule has 0 spiro atoms. The number of nitrogens with one attached hydrogen (secondary N) is 1. The number of aromatic amines is 1. The lowest BCUT2D eigenvalue weighted by atomic mass is 10.1. The van der Waals surface area contributed by atoms with Crippen LogP contribution >= 0.6 is 0 Å². The van der Waals surface area contributed by atoms with Crippen LogP contribution in [-0.4, -0.2) is 27.1 Å². The minimum Gasteiger partial charge on any atom is -0.481 e. The molecule has 0 fully saturated rings. The van der Waals surface area contributed by atoms with Gasteiger partial charge in [0.05, 0.1) is 6.42 Å². The number of aromatic nitrogens is 1. The fraction of sp³-hybridized carbons (Fsp3) is 0.333. The van der Waals surface area contributed by atoms with Gasteiger partial charge in [0.15, 0.2) is 0 Å². The molecular formula is C12H15NO4. The van der Waals surface area contributed by atoms with Gasteiger partial charge in [-0.05, 0) is 37.5 Å². The predicted octanol–water partition coefficient (Wildman–Crippen LogP) is 1.75. The molecule has 0 bridgehead atoms. The molecule has 0 aromatic carbocycles. The van der Waals surface area contributed by atoms with Gasteiger partial charge >= 0.3 is 11.9 Å². The lowest BCUT2D eigenvalue weighted by molar-refractivity contribution is -0.137. The average Bonchev–Trinajstić information content (AvgIpc) is 2.48. The summed E-state index contributed by atoms with van der Waals surface area (Å²) in [7, 11) is 0. The molecule has 1 aromatic rings. The summed E-state index contributed by atoms with van der Waals surface area (Å²) in [6, 6.07) is 0. The van der Waals surface area contributed by atoms with Crippen molar-refractivity contribution < 1.29 is 19.8 Å². The monoisotopic (exact) mass is 237 g/mol. The molecule has 0 aliphatic heterocycles. The van der Waals surface area contributed by atoms with Crippen molar-refractivity contribution >= 4 is 18.0 Å². The second-order valence-electron chi connectivity index (χ2n) is 3.83. The van der Waals surface area contributed by atoms with Crippen LogP contribution in [0, 0.1) is 13.8 Å². The van der Waals surface area contributed by atoms with E-state index < -0.39 is 11.9 Å². The summed E-state index contributed by atoms with van der Waals surface area (Å²) >= 11 is 0. The Morgan fingerprint density at radius 2 is 1.94 bits per heavy atom. The molecule has 0 saturated heterocycles. The number of carboxylic acid groups (broad SMARTS) is 2. The summed E-state index contributed by atoms with van der Waals surface area (Å²) in [5, 5.41) is 17.2. The number of carboxylic acids is 2. The molecule has 1 rings (SSSR count). The van der Waals surface area contributed by atoms with Crippen LogP contribution in [0.1, 0.15) is 28.9 Å². The summed E-state index contributed by atoms with van der Waals surface area (Å²) < 4.78 is 0. The van der Waals surface area contributed by atoms with Crippen molar-refractivity contribution in [2.45, 2.75) is 26.7 Å². The summed E-state index contributed by atoms with van der Waals surface area (Å²) in [4.78, 5) is 24.0. The van der Waals surface area contributed by atoms with Crippen molar-refractivity contribution in [1.29, 1.82) is 0 Å². The van der Waals surface area contributed by atoms with Crippen LogP contribution in [0.2, 0.25) is 0 Å². The standard InChI is InChI=1S/C12H15NO4/c1-7-9(3-5-11(14)15)8(2)13-10(7)4-6-12(16)17/h3,5,13H,4,6H2,1-2H3,(H,14,15)(H,16,17). The molecular weight excluding hydrogens is 222 g/mol. The third kappa shape index (κ3) is 3.48. The lowest BCUT2D eigenvalue weighted by Gasteiger charge is -1.97. The van der Waals surface area contributed by atoms with Crippen molar-refractivity contribution in [2.24, 2.45) is 0 Å². The van der Waals surface area contributed by atoms with Crippen molar-refractivity contribution in [3.63, 3.8) is 0 Å². The van der Waals surface area contributed by atoms with E-state index in [-0.39, 0.29) is 6.42 Å². The number of carbonyl (C=O) groups is 2. The SMILES string of the molecule is Cc1[nH]c(CCC(=O)O)c(C)c1C=CC(=O)O. The predicted molar refractivity (Wildman–Crippen MR) is 62.9 cm³/mol. The van der Waals surface area contributed by atoms with Gasteiger partial charge in [-0.25, -0.2) is 4.79 Å². The zero-order valence-electron chi connectivity index (χ0n) is 9.78. The maximum atomic E-state index is 10.5. The van der Waals surface area contributed by atoms with Crippen LogP contribution in [0.4, 0.5) is 0 Å². The van der Waals surface area contributed by atoms with Crippen LogP contribution in [0.15, 0.2) is 6.08 Å². The molecule has 5 heteroatoms. The van der Waals surface area contributed by atoms with Gasteiger partial charge in [0.25, 0.3) is 0 Å². The van der Waals surface area contributed by atoms with E-state index in [1.54, 1.807) is 0 Å². The summed E-state index contributed by atoms with van der Waals surface area (Å²) in [6.45, 7) is 3.68. The van der Waals surface area contributed by atoms with Gasteiger partial charge in [0.1, 0.15) is 0 Å². The second-order valence-corrected chi connectivity index (χ2v) is 3.83. The van der Waals surface area contributed by atoms with Crippen LogP contribution < -0.4 is 0 Å². The summed E-state index contributed by atoms with van der Waals surface area (Å²) in [6.07, 6.45) is 3.07. The highest BCUT2D eigenvalue weighted by molar-refractivity contribution is 5.86. The number of aliphatic carboxylic acids is 2. The van der Waals surface area contributed by atoms with Crippen molar-refractivity contribution in [2.75, 3.05) is 0 Å². The first kappa shape index (κ1) is 13.0. The van der Waals surface area contributed by atoms with Gasteiger partial charge in [-0.2, -0.15) is 0 Å². The third-order valence-electron chi connectivity index (χ3n) is 2.58. The van der Waals surface area contributed by atoms with Crippen molar-refractivity contribution in [3.05, 3.63) is 28.6 Å². The summed E-state index contributed by atoms with van der Waals surface area (Å²) in [5.74, 6) is -1.85. The van der Waals surface area contributed by atoms with E-state index in [9.17, 15) is 9.59 Å². The van der Waals surface area contributed by atoms with Gasteiger partial charge in [0, 0.05) is 17.5 Å². The molecule has 0 aliphatic carbocycles. The van der Waals surface area contributed by atoms with E-state index in [2.05, 4.69) is 4.98 Å². The lowest BCUT2D eigenvalue weighted by Crippen LogP contribution is -1.98. The van der Waals surface area contributed by atoms with E-state index in [1.165, 1.54) is 6.08 Å². The molecule has 1 heterocycles. The topological polar surface area (TPSA) is 90.4 Å². The molecule has 0 atom stereocenters. The van der Waals surface area contributed by atoms with Gasteiger partial charge in [0.2, 0.25) is 0 Å². The van der Waals surface area contributed by atoms with Crippen LogP contribution in [0.25, 0.3) is 6.08 Å². The fourth-order valence-corrected chi connectivity index (χ4v) is 1.72. The Bertz CT molecular complexity index is 471. The Hall–Kier alpha value is -2.04.